The van der Waals surface area contributed by atoms with Gasteiger partial charge in [-0.15, -0.1) is 10.2 Å². The Morgan fingerprint density at radius 2 is 1.81 bits per heavy atom. The number of benzene rings is 1. The molecule has 134 valence electrons. The Hall–Kier alpha value is -3.94. The van der Waals surface area contributed by atoms with E-state index < -0.39 is 5.91 Å². The third-order valence-corrected chi connectivity index (χ3v) is 3.96. The number of fused-ring (bicyclic) bond motifs is 1. The van der Waals surface area contributed by atoms with E-state index in [4.69, 9.17) is 4.42 Å². The molecule has 0 aliphatic rings. The molecule has 2 N–H and O–H groups in total. The van der Waals surface area contributed by atoms with Gasteiger partial charge in [-0.3, -0.25) is 14.0 Å². The van der Waals surface area contributed by atoms with E-state index in [1.807, 2.05) is 24.4 Å². The number of para-hydroxylation sites is 1. The summed E-state index contributed by atoms with van der Waals surface area (Å²) in [4.78, 5) is 24.8. The summed E-state index contributed by atoms with van der Waals surface area (Å²) in [5, 5.41) is 13.6. The monoisotopic (exact) mass is 361 g/mol. The van der Waals surface area contributed by atoms with Crippen LogP contribution < -0.4 is 10.6 Å². The van der Waals surface area contributed by atoms with Gasteiger partial charge in [-0.1, -0.05) is 18.2 Å². The Labute approximate surface area is 153 Å². The van der Waals surface area contributed by atoms with Crippen LogP contribution in [0.25, 0.3) is 5.65 Å². The smallest absolute Gasteiger partial charge is 0.291 e. The molecule has 0 saturated carbocycles. The Bertz CT molecular complexity index is 1100. The van der Waals surface area contributed by atoms with Crippen LogP contribution in [-0.2, 0) is 6.54 Å². The molecular formula is C19H15N5O3. The van der Waals surface area contributed by atoms with Crippen LogP contribution in [0.4, 0.5) is 5.69 Å². The van der Waals surface area contributed by atoms with Crippen molar-refractivity contribution in [1.82, 2.24) is 19.9 Å². The molecule has 0 aliphatic carbocycles. The Morgan fingerprint density at radius 3 is 2.67 bits per heavy atom. The number of amides is 2. The minimum absolute atomic E-state index is 0.167. The number of hydrogen-bond donors (Lipinski definition) is 2. The van der Waals surface area contributed by atoms with Crippen LogP contribution in [0.5, 0.6) is 0 Å². The molecule has 27 heavy (non-hydrogen) atoms. The second-order valence-corrected chi connectivity index (χ2v) is 5.70. The van der Waals surface area contributed by atoms with E-state index in [1.165, 1.54) is 6.26 Å². The molecule has 0 fully saturated rings. The molecule has 0 bridgehead atoms. The summed E-state index contributed by atoms with van der Waals surface area (Å²) in [7, 11) is 0. The van der Waals surface area contributed by atoms with Gasteiger partial charge in [0.2, 0.25) is 0 Å². The molecule has 4 aromatic rings. The minimum atomic E-state index is -0.427. The first-order chi connectivity index (χ1) is 13.2. The molecule has 0 radical (unpaired) electrons. The van der Waals surface area contributed by atoms with E-state index >= 15 is 0 Å². The zero-order chi connectivity index (χ0) is 18.6. The second kappa shape index (κ2) is 7.12. The van der Waals surface area contributed by atoms with Crippen LogP contribution in [-0.4, -0.2) is 26.4 Å². The molecule has 3 heterocycles. The predicted octanol–water partition coefficient (Wildman–Crippen LogP) is 2.50. The van der Waals surface area contributed by atoms with Crippen molar-refractivity contribution in [3.05, 3.63) is 84.2 Å². The molecule has 0 spiro atoms. The molecule has 0 aliphatic heterocycles. The fourth-order valence-electron chi connectivity index (χ4n) is 2.65. The molecule has 0 unspecified atom stereocenters. The highest BCUT2D eigenvalue weighted by molar-refractivity contribution is 6.07. The second-order valence-electron chi connectivity index (χ2n) is 5.70. The van der Waals surface area contributed by atoms with E-state index in [2.05, 4.69) is 20.8 Å². The van der Waals surface area contributed by atoms with Gasteiger partial charge in [0, 0.05) is 6.20 Å². The van der Waals surface area contributed by atoms with Crippen LogP contribution in [0.15, 0.2) is 71.5 Å². The van der Waals surface area contributed by atoms with Gasteiger partial charge in [-0.25, -0.2) is 0 Å². The Kier molecular flexibility index (Phi) is 4.36. The van der Waals surface area contributed by atoms with E-state index in [0.717, 1.165) is 0 Å². The first-order valence-electron chi connectivity index (χ1n) is 8.23. The maximum atomic E-state index is 12.6. The zero-order valence-corrected chi connectivity index (χ0v) is 14.1. The van der Waals surface area contributed by atoms with E-state index in [-0.39, 0.29) is 18.2 Å². The van der Waals surface area contributed by atoms with Crippen molar-refractivity contribution in [2.75, 3.05) is 5.32 Å². The van der Waals surface area contributed by atoms with E-state index in [0.29, 0.717) is 22.7 Å². The fourth-order valence-corrected chi connectivity index (χ4v) is 2.65. The third-order valence-electron chi connectivity index (χ3n) is 3.96. The Morgan fingerprint density at radius 1 is 0.963 bits per heavy atom. The van der Waals surface area contributed by atoms with Crippen molar-refractivity contribution in [1.29, 1.82) is 0 Å². The normalized spacial score (nSPS) is 10.7. The maximum Gasteiger partial charge on any atom is 0.291 e. The summed E-state index contributed by atoms with van der Waals surface area (Å²) < 4.78 is 6.87. The first-order valence-corrected chi connectivity index (χ1v) is 8.23. The number of rotatable bonds is 5. The zero-order valence-electron chi connectivity index (χ0n) is 14.1. The predicted molar refractivity (Wildman–Crippen MR) is 97.3 cm³/mol. The van der Waals surface area contributed by atoms with Crippen molar-refractivity contribution in [2.24, 2.45) is 0 Å². The summed E-state index contributed by atoms with van der Waals surface area (Å²) in [6.45, 7) is 0.199. The summed E-state index contributed by atoms with van der Waals surface area (Å²) in [5.41, 5.74) is 1.43. The topological polar surface area (TPSA) is 102 Å². The lowest BCUT2D eigenvalue weighted by Gasteiger charge is -2.10. The molecule has 8 heteroatoms. The number of nitrogens with one attached hydrogen (secondary N) is 2. The number of anilines is 1. The quantitative estimate of drug-likeness (QED) is 0.569. The summed E-state index contributed by atoms with van der Waals surface area (Å²) >= 11 is 0. The first kappa shape index (κ1) is 16.5. The lowest BCUT2D eigenvalue weighted by atomic mass is 10.1. The van der Waals surface area contributed by atoms with Crippen LogP contribution in [0.3, 0.4) is 0 Å². The largest absolute Gasteiger partial charge is 0.459 e. The van der Waals surface area contributed by atoms with Gasteiger partial charge in [-0.2, -0.15) is 0 Å². The lowest BCUT2D eigenvalue weighted by molar-refractivity contribution is 0.0950. The number of hydrogen-bond acceptors (Lipinski definition) is 5. The maximum absolute atomic E-state index is 12.6. The highest BCUT2D eigenvalue weighted by Crippen LogP contribution is 2.16. The highest BCUT2D eigenvalue weighted by atomic mass is 16.3. The van der Waals surface area contributed by atoms with Crippen molar-refractivity contribution in [2.45, 2.75) is 6.54 Å². The number of carbonyl (C=O) groups excluding carboxylic acids is 2. The lowest BCUT2D eigenvalue weighted by Crippen LogP contribution is -2.25. The number of pyridine rings is 1. The van der Waals surface area contributed by atoms with Gasteiger partial charge in [-0.05, 0) is 36.4 Å². The van der Waals surface area contributed by atoms with E-state index in [9.17, 15) is 9.59 Å². The van der Waals surface area contributed by atoms with Gasteiger partial charge in [0.25, 0.3) is 11.8 Å². The van der Waals surface area contributed by atoms with Crippen LogP contribution in [0.2, 0.25) is 0 Å². The van der Waals surface area contributed by atoms with Crippen LogP contribution in [0.1, 0.15) is 26.7 Å². The standard InChI is InChI=1S/C19H15N5O3/c25-18(20-12-17-23-22-16-9-3-4-10-24(16)17)13-6-1-2-7-14(13)21-19(26)15-8-5-11-27-15/h1-11H,12H2,(H,20,25)(H,21,26). The number of aromatic nitrogens is 3. The van der Waals surface area contributed by atoms with E-state index in [1.54, 1.807) is 40.8 Å². The molecule has 1 aromatic carbocycles. The van der Waals surface area contributed by atoms with Gasteiger partial charge in [0.15, 0.2) is 17.2 Å². The molecule has 8 nitrogen and oxygen atoms in total. The third kappa shape index (κ3) is 3.40. The molecule has 3 aromatic heterocycles. The van der Waals surface area contributed by atoms with Gasteiger partial charge >= 0.3 is 0 Å². The van der Waals surface area contributed by atoms with Crippen LogP contribution >= 0.6 is 0 Å². The number of nitrogens with zero attached hydrogens (tertiary/aromatic N) is 3. The SMILES string of the molecule is O=C(Nc1ccccc1C(=O)NCc1nnc2ccccn12)c1ccco1. The van der Waals surface area contributed by atoms with Crippen molar-refractivity contribution in [3.8, 4) is 0 Å². The Balaban J connectivity index is 1.49. The van der Waals surface area contributed by atoms with Gasteiger partial charge in [0.05, 0.1) is 24.1 Å². The van der Waals surface area contributed by atoms with Crippen LogP contribution in [0, 0.1) is 0 Å². The average Bonchev–Trinajstić information content (AvgIpc) is 3.37. The molecule has 2 amide bonds. The van der Waals surface area contributed by atoms with Gasteiger partial charge < -0.3 is 15.1 Å². The molecule has 0 atom stereocenters. The fraction of sp³-hybridized carbons (Fsp3) is 0.0526. The summed E-state index contributed by atoms with van der Waals surface area (Å²) in [6, 6.07) is 15.5. The number of carbonyl (C=O) groups is 2. The van der Waals surface area contributed by atoms with Gasteiger partial charge in [0.1, 0.15) is 0 Å². The summed E-state index contributed by atoms with van der Waals surface area (Å²) in [6.07, 6.45) is 3.24. The number of furan rings is 1. The summed E-state index contributed by atoms with van der Waals surface area (Å²) in [5.74, 6) is 0.0120. The average molecular weight is 361 g/mol. The van der Waals surface area contributed by atoms with Crippen molar-refractivity contribution < 1.29 is 14.0 Å². The molecule has 4 rings (SSSR count). The molecular weight excluding hydrogens is 346 g/mol. The molecule has 0 saturated heterocycles. The highest BCUT2D eigenvalue weighted by Gasteiger charge is 2.16. The minimum Gasteiger partial charge on any atom is -0.459 e. The van der Waals surface area contributed by atoms with Crippen molar-refractivity contribution in [3.63, 3.8) is 0 Å². The van der Waals surface area contributed by atoms with Crippen molar-refractivity contribution >= 4 is 23.1 Å².